The summed E-state index contributed by atoms with van der Waals surface area (Å²) in [4.78, 5) is 1.21. The molecule has 0 radical (unpaired) electrons. The maximum absolute atomic E-state index is 13.0. The van der Waals surface area contributed by atoms with Crippen LogP contribution in [0, 0.1) is 0 Å². The quantitative estimate of drug-likeness (QED) is 0.597. The zero-order chi connectivity index (χ0) is 19.5. The number of rotatable bonds is 5. The van der Waals surface area contributed by atoms with Gasteiger partial charge in [0.25, 0.3) is 0 Å². The third-order valence-electron chi connectivity index (χ3n) is 5.44. The number of fused-ring (bicyclic) bond motifs is 1. The van der Waals surface area contributed by atoms with Crippen molar-refractivity contribution in [3.8, 4) is 0 Å². The lowest BCUT2D eigenvalue weighted by Crippen LogP contribution is -2.48. The second-order valence-electron chi connectivity index (χ2n) is 7.26. The lowest BCUT2D eigenvalue weighted by atomic mass is 9.88. The van der Waals surface area contributed by atoms with Crippen LogP contribution in [-0.2, 0) is 6.18 Å². The molecule has 1 heterocycles. The predicted molar refractivity (Wildman–Crippen MR) is 106 cm³/mol. The van der Waals surface area contributed by atoms with Gasteiger partial charge in [-0.2, -0.15) is 13.2 Å². The molecule has 1 aliphatic heterocycles. The first-order valence-corrected chi connectivity index (χ1v) is 10.5. The van der Waals surface area contributed by atoms with Crippen LogP contribution in [0.15, 0.2) is 53.4 Å². The van der Waals surface area contributed by atoms with Gasteiger partial charge in [-0.15, -0.1) is 11.8 Å². The van der Waals surface area contributed by atoms with Gasteiger partial charge >= 0.3 is 6.18 Å². The maximum Gasteiger partial charge on any atom is 0.416 e. The topological polar surface area (TPSA) is 12.0 Å². The van der Waals surface area contributed by atoms with Crippen molar-refractivity contribution in [1.82, 2.24) is 5.32 Å². The van der Waals surface area contributed by atoms with E-state index in [2.05, 4.69) is 31.3 Å². The highest BCUT2D eigenvalue weighted by Gasteiger charge is 2.36. The largest absolute Gasteiger partial charge is 0.416 e. The van der Waals surface area contributed by atoms with Crippen LogP contribution in [0.4, 0.5) is 13.2 Å². The lowest BCUT2D eigenvalue weighted by Gasteiger charge is -2.36. The minimum atomic E-state index is -4.31. The van der Waals surface area contributed by atoms with Crippen LogP contribution in [0.3, 0.4) is 0 Å². The summed E-state index contributed by atoms with van der Waals surface area (Å²) in [5.74, 6) is 0.970. The standard InChI is InChI=1S/C22H26F3NS/c1-3-5-14-21(4-2)15-27-19-9-7-6-8-18(19)20(26-21)16-10-12-17(13-11-16)22(23,24)25/h6-13,20,26H,3-5,14-15H2,1-2H3. The molecule has 0 saturated carbocycles. The Kier molecular flexibility index (Phi) is 6.21. The fourth-order valence-corrected chi connectivity index (χ4v) is 5.05. The molecule has 27 heavy (non-hydrogen) atoms. The summed E-state index contributed by atoms with van der Waals surface area (Å²) in [6.07, 6.45) is 0.0180. The van der Waals surface area contributed by atoms with Gasteiger partial charge in [0.1, 0.15) is 0 Å². The summed E-state index contributed by atoms with van der Waals surface area (Å²) < 4.78 is 38.9. The second-order valence-corrected chi connectivity index (χ2v) is 8.28. The van der Waals surface area contributed by atoms with E-state index in [1.165, 1.54) is 17.0 Å². The summed E-state index contributed by atoms with van der Waals surface area (Å²) in [6.45, 7) is 4.39. The molecule has 0 amide bonds. The molecular formula is C22H26F3NS. The van der Waals surface area contributed by atoms with Gasteiger partial charge in [-0.05, 0) is 42.2 Å². The molecule has 1 nitrogen and oxygen atoms in total. The molecule has 2 aromatic carbocycles. The van der Waals surface area contributed by atoms with Crippen LogP contribution in [0.1, 0.15) is 62.3 Å². The molecule has 0 aliphatic carbocycles. The molecule has 2 unspecified atom stereocenters. The van der Waals surface area contributed by atoms with E-state index in [1.54, 1.807) is 12.1 Å². The van der Waals surface area contributed by atoms with E-state index < -0.39 is 11.7 Å². The molecule has 2 aromatic rings. The zero-order valence-electron chi connectivity index (χ0n) is 15.8. The molecular weight excluding hydrogens is 367 g/mol. The Morgan fingerprint density at radius 3 is 2.41 bits per heavy atom. The second kappa shape index (κ2) is 8.27. The minimum Gasteiger partial charge on any atom is -0.300 e. The van der Waals surface area contributed by atoms with Crippen molar-refractivity contribution < 1.29 is 13.2 Å². The lowest BCUT2D eigenvalue weighted by molar-refractivity contribution is -0.137. The van der Waals surface area contributed by atoms with Crippen molar-refractivity contribution in [2.75, 3.05) is 5.75 Å². The van der Waals surface area contributed by atoms with Crippen LogP contribution < -0.4 is 5.32 Å². The van der Waals surface area contributed by atoms with Crippen molar-refractivity contribution in [2.45, 2.75) is 62.2 Å². The highest BCUT2D eigenvalue weighted by atomic mass is 32.2. The first-order chi connectivity index (χ1) is 12.9. The van der Waals surface area contributed by atoms with Crippen LogP contribution >= 0.6 is 11.8 Å². The number of hydrogen-bond acceptors (Lipinski definition) is 2. The molecule has 0 bridgehead atoms. The highest BCUT2D eigenvalue weighted by Crippen LogP contribution is 2.41. The minimum absolute atomic E-state index is 0.0208. The summed E-state index contributed by atoms with van der Waals surface area (Å²) in [7, 11) is 0. The maximum atomic E-state index is 13.0. The summed E-state index contributed by atoms with van der Waals surface area (Å²) in [6, 6.07) is 13.8. The summed E-state index contributed by atoms with van der Waals surface area (Å²) >= 11 is 1.85. The normalized spacial score (nSPS) is 22.9. The van der Waals surface area contributed by atoms with Gasteiger partial charge in [0.15, 0.2) is 0 Å². The molecule has 0 spiro atoms. The molecule has 0 fully saturated rings. The fourth-order valence-electron chi connectivity index (χ4n) is 3.66. The van der Waals surface area contributed by atoms with Crippen molar-refractivity contribution >= 4 is 11.8 Å². The molecule has 0 saturated heterocycles. The highest BCUT2D eigenvalue weighted by molar-refractivity contribution is 7.99. The van der Waals surface area contributed by atoms with Gasteiger partial charge in [0.05, 0.1) is 11.6 Å². The zero-order valence-corrected chi connectivity index (χ0v) is 16.6. The average molecular weight is 394 g/mol. The number of halogens is 3. The van der Waals surface area contributed by atoms with Crippen LogP contribution in [0.25, 0.3) is 0 Å². The van der Waals surface area contributed by atoms with Crippen LogP contribution in [-0.4, -0.2) is 11.3 Å². The average Bonchev–Trinajstić information content (AvgIpc) is 2.84. The molecule has 3 rings (SSSR count). The monoisotopic (exact) mass is 393 g/mol. The van der Waals surface area contributed by atoms with Crippen molar-refractivity contribution in [1.29, 1.82) is 0 Å². The first kappa shape index (κ1) is 20.3. The smallest absolute Gasteiger partial charge is 0.300 e. The fraction of sp³-hybridized carbons (Fsp3) is 0.455. The van der Waals surface area contributed by atoms with E-state index in [-0.39, 0.29) is 11.6 Å². The number of nitrogens with one attached hydrogen (secondary N) is 1. The van der Waals surface area contributed by atoms with E-state index in [0.717, 1.165) is 42.6 Å². The van der Waals surface area contributed by atoms with Crippen molar-refractivity contribution in [3.05, 3.63) is 65.2 Å². The van der Waals surface area contributed by atoms with Gasteiger partial charge in [0, 0.05) is 16.2 Å². The summed E-state index contributed by atoms with van der Waals surface area (Å²) in [5, 5.41) is 3.84. The van der Waals surface area contributed by atoms with E-state index in [1.807, 2.05) is 23.9 Å². The molecule has 1 aliphatic rings. The predicted octanol–water partition coefficient (Wildman–Crippen LogP) is 6.83. The molecule has 5 heteroatoms. The van der Waals surface area contributed by atoms with E-state index in [9.17, 15) is 13.2 Å². The Labute approximate surface area is 163 Å². The number of benzene rings is 2. The van der Waals surface area contributed by atoms with Crippen LogP contribution in [0.5, 0.6) is 0 Å². The Morgan fingerprint density at radius 1 is 1.07 bits per heavy atom. The van der Waals surface area contributed by atoms with Gasteiger partial charge in [-0.25, -0.2) is 0 Å². The molecule has 0 aromatic heterocycles. The Hall–Kier alpha value is -1.46. The van der Waals surface area contributed by atoms with Crippen molar-refractivity contribution in [3.63, 3.8) is 0 Å². The third-order valence-corrected chi connectivity index (χ3v) is 6.82. The van der Waals surface area contributed by atoms with Gasteiger partial charge in [-0.1, -0.05) is 57.0 Å². The molecule has 146 valence electrons. The Bertz CT molecular complexity index is 757. The van der Waals surface area contributed by atoms with Gasteiger partial charge in [0.2, 0.25) is 0 Å². The van der Waals surface area contributed by atoms with E-state index >= 15 is 0 Å². The molecule has 1 N–H and O–H groups in total. The van der Waals surface area contributed by atoms with E-state index in [0.29, 0.717) is 0 Å². The third kappa shape index (κ3) is 4.52. The van der Waals surface area contributed by atoms with Crippen LogP contribution in [0.2, 0.25) is 0 Å². The van der Waals surface area contributed by atoms with Gasteiger partial charge in [-0.3, -0.25) is 5.32 Å². The Morgan fingerprint density at radius 2 is 1.78 bits per heavy atom. The molecule has 2 atom stereocenters. The number of hydrogen-bond donors (Lipinski definition) is 1. The number of alkyl halides is 3. The first-order valence-electron chi connectivity index (χ1n) is 9.55. The Balaban J connectivity index is 2.01. The summed E-state index contributed by atoms with van der Waals surface area (Å²) in [5.41, 5.74) is 1.41. The number of thioether (sulfide) groups is 1. The van der Waals surface area contributed by atoms with Gasteiger partial charge < -0.3 is 0 Å². The van der Waals surface area contributed by atoms with Crippen molar-refractivity contribution in [2.24, 2.45) is 0 Å². The SMILES string of the molecule is CCCCC1(CC)CSc2ccccc2C(c2ccc(C(F)(F)F)cc2)N1. The van der Waals surface area contributed by atoms with E-state index in [4.69, 9.17) is 0 Å². The number of unbranched alkanes of at least 4 members (excludes halogenated alkanes) is 1.